The van der Waals surface area contributed by atoms with Gasteiger partial charge in [0.15, 0.2) is 7.28 Å². The van der Waals surface area contributed by atoms with E-state index in [9.17, 15) is 14.1 Å². The molecule has 1 unspecified atom stereocenters. The predicted molar refractivity (Wildman–Crippen MR) is 137 cm³/mol. The van der Waals surface area contributed by atoms with Crippen LogP contribution >= 0.6 is 0 Å². The number of alkyl carbamates (subject to hydrolysis) is 1. The van der Waals surface area contributed by atoms with Gasteiger partial charge >= 0.3 is 6.09 Å². The molecule has 35 heavy (non-hydrogen) atoms. The summed E-state index contributed by atoms with van der Waals surface area (Å²) in [5, 5.41) is 13.9. The van der Waals surface area contributed by atoms with Crippen LogP contribution in [0.1, 0.15) is 19.4 Å². The number of aliphatic hydroxyl groups excluding tert-OH is 1. The Morgan fingerprint density at radius 3 is 2.49 bits per heavy atom. The van der Waals surface area contributed by atoms with Crippen LogP contribution in [0.4, 0.5) is 10.5 Å². The number of nitrogens with two attached hydrogens (primary N) is 1. The van der Waals surface area contributed by atoms with Gasteiger partial charge in [-0.15, -0.1) is 0 Å². The molecule has 0 fully saturated rings. The van der Waals surface area contributed by atoms with Crippen molar-refractivity contribution in [2.45, 2.75) is 37.4 Å². The summed E-state index contributed by atoms with van der Waals surface area (Å²) in [6, 6.07) is 17.9. The lowest BCUT2D eigenvalue weighted by atomic mass is 9.61. The highest BCUT2D eigenvalue weighted by Crippen LogP contribution is 2.16. The second-order valence-electron chi connectivity index (χ2n) is 8.58. The number of carbonyl (C=O) groups is 1. The van der Waals surface area contributed by atoms with E-state index in [1.165, 1.54) is 12.5 Å². The van der Waals surface area contributed by atoms with Crippen LogP contribution in [0.5, 0.6) is 0 Å². The predicted octanol–water partition coefficient (Wildman–Crippen LogP) is 2.49. The highest BCUT2D eigenvalue weighted by Gasteiger charge is 2.28. The van der Waals surface area contributed by atoms with Gasteiger partial charge in [0.1, 0.15) is 17.6 Å². The van der Waals surface area contributed by atoms with Crippen LogP contribution in [0.3, 0.4) is 0 Å². The average molecular weight is 496 g/mol. The number of anilines is 1. The minimum Gasteiger partial charge on any atom is -0.472 e. The molecule has 0 saturated heterocycles. The Balaban J connectivity index is 1.73. The fourth-order valence-corrected chi connectivity index (χ4v) is 4.78. The summed E-state index contributed by atoms with van der Waals surface area (Å²) < 4.78 is 25.3. The Morgan fingerprint density at radius 1 is 1.14 bits per heavy atom. The number of rotatable bonds is 12. The molecule has 0 spiro atoms. The van der Waals surface area contributed by atoms with Crippen molar-refractivity contribution in [3.63, 3.8) is 0 Å². The van der Waals surface area contributed by atoms with Gasteiger partial charge in [0.05, 0.1) is 23.5 Å². The topological polar surface area (TPSA) is 118 Å². The first-order chi connectivity index (χ1) is 16.8. The Kier molecular flexibility index (Phi) is 9.95. The average Bonchev–Trinajstić information content (AvgIpc) is 3.36. The fraction of sp³-hybridized carbons (Fsp3) is 0.320. The Bertz CT molecular complexity index is 1060. The van der Waals surface area contributed by atoms with Crippen molar-refractivity contribution in [2.24, 2.45) is 5.92 Å². The zero-order chi connectivity index (χ0) is 25.2. The third-order valence-corrected chi connectivity index (χ3v) is 6.54. The van der Waals surface area contributed by atoms with E-state index in [0.717, 1.165) is 5.46 Å². The summed E-state index contributed by atoms with van der Waals surface area (Å²) in [4.78, 5) is 13.1. The molecule has 2 aromatic carbocycles. The molecule has 0 aliphatic rings. The van der Waals surface area contributed by atoms with E-state index in [4.69, 9.17) is 14.9 Å². The second kappa shape index (κ2) is 13.1. The number of amides is 1. The van der Waals surface area contributed by atoms with Crippen molar-refractivity contribution in [3.8, 4) is 0 Å². The molecule has 10 heteroatoms. The number of nitrogens with zero attached hydrogens (tertiary/aromatic N) is 1. The van der Waals surface area contributed by atoms with Crippen molar-refractivity contribution >= 4 is 35.5 Å². The highest BCUT2D eigenvalue weighted by atomic mass is 32.2. The monoisotopic (exact) mass is 496 g/mol. The number of nitrogens with one attached hydrogen (secondary N) is 1. The molecular weight excluding hydrogens is 465 g/mol. The molecule has 0 saturated carbocycles. The second-order valence-corrected chi connectivity index (χ2v) is 10.1. The maximum Gasteiger partial charge on any atom is 0.407 e. The van der Waals surface area contributed by atoms with Gasteiger partial charge < -0.3 is 25.3 Å². The minimum atomic E-state index is -1.52. The maximum atomic E-state index is 13.3. The molecule has 1 heterocycles. The number of furan rings is 1. The van der Waals surface area contributed by atoms with Crippen LogP contribution in [-0.4, -0.2) is 52.1 Å². The first-order valence-electron chi connectivity index (χ1n) is 11.4. The Hall–Kier alpha value is -3.08. The molecular formula is C25H31BN3O5S. The molecule has 3 aromatic rings. The van der Waals surface area contributed by atoms with Crippen LogP contribution < -0.4 is 16.5 Å². The summed E-state index contributed by atoms with van der Waals surface area (Å²) in [6.07, 6.45) is 1.24. The fourth-order valence-electron chi connectivity index (χ4n) is 3.39. The van der Waals surface area contributed by atoms with Crippen molar-refractivity contribution in [1.29, 1.82) is 0 Å². The number of hydrogen-bond acceptors (Lipinski definition) is 6. The van der Waals surface area contributed by atoms with Crippen LogP contribution in [0, 0.1) is 5.92 Å². The Morgan fingerprint density at radius 2 is 1.86 bits per heavy atom. The summed E-state index contributed by atoms with van der Waals surface area (Å²) in [7, 11) is 0.233. The van der Waals surface area contributed by atoms with Gasteiger partial charge in [-0.05, 0) is 36.2 Å². The lowest BCUT2D eigenvalue weighted by Gasteiger charge is -2.30. The van der Waals surface area contributed by atoms with E-state index >= 15 is 0 Å². The van der Waals surface area contributed by atoms with E-state index in [1.807, 2.05) is 44.2 Å². The molecule has 0 aliphatic heterocycles. The van der Waals surface area contributed by atoms with Crippen LogP contribution in [0.25, 0.3) is 0 Å². The maximum absolute atomic E-state index is 13.3. The zero-order valence-corrected chi connectivity index (χ0v) is 20.7. The smallest absolute Gasteiger partial charge is 0.407 e. The third kappa shape index (κ3) is 8.58. The van der Waals surface area contributed by atoms with Gasteiger partial charge in [0, 0.05) is 30.3 Å². The van der Waals surface area contributed by atoms with Crippen molar-refractivity contribution in [2.75, 3.05) is 18.8 Å². The molecule has 1 aromatic heterocycles. The van der Waals surface area contributed by atoms with Crippen molar-refractivity contribution in [3.05, 3.63) is 78.8 Å². The molecule has 3 rings (SSSR count). The largest absolute Gasteiger partial charge is 0.472 e. The summed E-state index contributed by atoms with van der Waals surface area (Å²) in [5.74, 6) is -0.586. The van der Waals surface area contributed by atoms with Crippen LogP contribution in [-0.2, 0) is 22.3 Å². The van der Waals surface area contributed by atoms with Gasteiger partial charge in [-0.3, -0.25) is 0 Å². The van der Waals surface area contributed by atoms with E-state index in [-0.39, 0.29) is 19.1 Å². The number of benzene rings is 2. The van der Waals surface area contributed by atoms with Gasteiger partial charge in [-0.2, -0.15) is 0 Å². The van der Waals surface area contributed by atoms with Gasteiger partial charge in [-0.25, -0.2) is 13.3 Å². The molecule has 1 radical (unpaired) electrons. The number of aliphatic hydroxyl groups is 1. The van der Waals surface area contributed by atoms with Crippen LogP contribution in [0.2, 0.25) is 0 Å². The van der Waals surface area contributed by atoms with E-state index in [1.54, 1.807) is 41.9 Å². The quantitative estimate of drug-likeness (QED) is 0.262. The molecule has 1 amide bonds. The van der Waals surface area contributed by atoms with Crippen molar-refractivity contribution < 1.29 is 23.3 Å². The molecule has 3 atom stereocenters. The van der Waals surface area contributed by atoms with Gasteiger partial charge in [0.25, 0.3) is 0 Å². The van der Waals surface area contributed by atoms with Gasteiger partial charge in [0.2, 0.25) is 0 Å². The first-order valence-corrected chi connectivity index (χ1v) is 12.5. The summed E-state index contributed by atoms with van der Waals surface area (Å²) >= 11 is 0. The minimum absolute atomic E-state index is 0.0388. The lowest BCUT2D eigenvalue weighted by molar-refractivity contribution is 0.108. The lowest BCUT2D eigenvalue weighted by Crippen LogP contribution is -2.54. The zero-order valence-electron chi connectivity index (χ0n) is 19.9. The number of ether oxygens (including phenoxy) is 1. The number of carbonyl (C=O) groups excluding carboxylic acids is 1. The molecule has 0 aliphatic carbocycles. The molecule has 8 nitrogen and oxygen atoms in total. The number of nitrogen functional groups attached to an aromatic ring is 1. The first kappa shape index (κ1) is 26.5. The van der Waals surface area contributed by atoms with Crippen molar-refractivity contribution in [1.82, 2.24) is 9.62 Å². The molecule has 4 N–H and O–H groups in total. The summed E-state index contributed by atoms with van der Waals surface area (Å²) in [5.41, 5.74) is 7.88. The normalized spacial score (nSPS) is 13.9. The van der Waals surface area contributed by atoms with E-state index in [2.05, 4.69) is 5.32 Å². The summed E-state index contributed by atoms with van der Waals surface area (Å²) in [6.45, 7) is 4.61. The highest BCUT2D eigenvalue weighted by molar-refractivity contribution is 7.82. The van der Waals surface area contributed by atoms with Crippen LogP contribution in [0.15, 0.2) is 82.5 Å². The SMILES string of the molecule is CC(C)CN(C[C@@H](O)[C@H]([B]c1ccccc1)NC(=O)OCc1ccoc1)S(=O)c1ccc(N)cc1. The Labute approximate surface area is 209 Å². The molecule has 0 bridgehead atoms. The van der Waals surface area contributed by atoms with E-state index in [0.29, 0.717) is 22.7 Å². The number of hydrogen-bond donors (Lipinski definition) is 3. The van der Waals surface area contributed by atoms with Gasteiger partial charge in [-0.1, -0.05) is 49.6 Å². The van der Waals surface area contributed by atoms with E-state index < -0.39 is 29.1 Å². The standard InChI is InChI=1S/C25H31BN3O5S/c1-18(2)14-29(35(32)22-10-8-21(27)9-11-22)15-23(30)24(26-20-6-4-3-5-7-20)28-25(31)34-17-19-12-13-33-16-19/h3-13,16,18,23-24,30H,14-15,17,27H2,1-2H3,(H,28,31)/t23-,24-,35?/m1/s1. The molecule has 185 valence electrons. The third-order valence-electron chi connectivity index (χ3n) is 5.10.